The van der Waals surface area contributed by atoms with Crippen LogP contribution in [0, 0.1) is 5.92 Å². The molecule has 0 unspecified atom stereocenters. The van der Waals surface area contributed by atoms with Crippen LogP contribution >= 0.6 is 11.8 Å². The van der Waals surface area contributed by atoms with Crippen molar-refractivity contribution in [3.8, 4) is 0 Å². The molecule has 1 saturated heterocycles. The van der Waals surface area contributed by atoms with Gasteiger partial charge in [-0.15, -0.1) is 11.8 Å². The summed E-state index contributed by atoms with van der Waals surface area (Å²) < 4.78 is 0. The highest BCUT2D eigenvalue weighted by molar-refractivity contribution is 7.98. The molecule has 0 radical (unpaired) electrons. The van der Waals surface area contributed by atoms with Crippen molar-refractivity contribution in [2.24, 2.45) is 5.92 Å². The largest absolute Gasteiger partial charge is 0.351 e. The van der Waals surface area contributed by atoms with Gasteiger partial charge in [0.05, 0.1) is 0 Å². The molecule has 0 spiro atoms. The predicted octanol–water partition coefficient (Wildman–Crippen LogP) is 3.64. The first kappa shape index (κ1) is 18.5. The molecular formula is C21H24N2O2S. The maximum Gasteiger partial charge on any atom is 0.239 e. The summed E-state index contributed by atoms with van der Waals surface area (Å²) in [6.45, 7) is 3.14. The summed E-state index contributed by atoms with van der Waals surface area (Å²) in [5.74, 6) is -0.882. The number of amides is 2. The molecule has 2 aromatic rings. The minimum absolute atomic E-state index is 0.107. The first-order valence-corrected chi connectivity index (χ1v) is 10.2. The standard InChI is InChI=1S/C21H24N2O2S/c1-3-15-4-8-17(9-5-15)23-13-12-19(21(23)25)20(24)22-14-16-6-10-18(26-2)11-7-16/h4-11,19H,3,12-14H2,1-2H3,(H,22,24)/t19-/m0/s1. The van der Waals surface area contributed by atoms with Gasteiger partial charge in [-0.2, -0.15) is 0 Å². The van der Waals surface area contributed by atoms with Crippen LogP contribution in [0.3, 0.4) is 0 Å². The van der Waals surface area contributed by atoms with E-state index in [9.17, 15) is 9.59 Å². The first-order valence-electron chi connectivity index (χ1n) is 8.93. The zero-order chi connectivity index (χ0) is 18.5. The molecule has 3 rings (SSSR count). The van der Waals surface area contributed by atoms with E-state index in [4.69, 9.17) is 0 Å². The second-order valence-corrected chi connectivity index (χ2v) is 7.30. The lowest BCUT2D eigenvalue weighted by molar-refractivity contribution is -0.132. The highest BCUT2D eigenvalue weighted by atomic mass is 32.2. The number of anilines is 1. The van der Waals surface area contributed by atoms with Gasteiger partial charge in [-0.05, 0) is 54.5 Å². The lowest BCUT2D eigenvalue weighted by Gasteiger charge is -2.17. The van der Waals surface area contributed by atoms with Crippen LogP contribution in [-0.4, -0.2) is 24.6 Å². The summed E-state index contributed by atoms with van der Waals surface area (Å²) in [4.78, 5) is 28.0. The average Bonchev–Trinajstić information content (AvgIpc) is 3.08. The van der Waals surface area contributed by atoms with Crippen LogP contribution in [0.25, 0.3) is 0 Å². The highest BCUT2D eigenvalue weighted by Gasteiger charge is 2.37. The Hall–Kier alpha value is -2.27. The summed E-state index contributed by atoms with van der Waals surface area (Å²) in [5, 5.41) is 2.91. The average molecular weight is 369 g/mol. The minimum atomic E-state index is -0.591. The summed E-state index contributed by atoms with van der Waals surface area (Å²) in [5.41, 5.74) is 3.14. The van der Waals surface area contributed by atoms with Gasteiger partial charge in [0.1, 0.15) is 5.92 Å². The Kier molecular flexibility index (Phi) is 5.99. The van der Waals surface area contributed by atoms with Gasteiger partial charge in [-0.3, -0.25) is 9.59 Å². The van der Waals surface area contributed by atoms with Gasteiger partial charge in [0.2, 0.25) is 11.8 Å². The Morgan fingerprint density at radius 1 is 1.12 bits per heavy atom. The topological polar surface area (TPSA) is 49.4 Å². The van der Waals surface area contributed by atoms with Gasteiger partial charge in [0, 0.05) is 23.7 Å². The summed E-state index contributed by atoms with van der Waals surface area (Å²) in [6.07, 6.45) is 3.56. The molecule has 1 fully saturated rings. The number of thioether (sulfide) groups is 1. The smallest absolute Gasteiger partial charge is 0.239 e. The molecular weight excluding hydrogens is 344 g/mol. The van der Waals surface area contributed by atoms with Gasteiger partial charge in [0.15, 0.2) is 0 Å². The zero-order valence-electron chi connectivity index (χ0n) is 15.2. The van der Waals surface area contributed by atoms with Crippen molar-refractivity contribution in [1.29, 1.82) is 0 Å². The van der Waals surface area contributed by atoms with E-state index in [0.717, 1.165) is 17.7 Å². The third-order valence-electron chi connectivity index (χ3n) is 4.80. The molecule has 1 heterocycles. The zero-order valence-corrected chi connectivity index (χ0v) is 16.0. The van der Waals surface area contributed by atoms with Gasteiger partial charge in [0.25, 0.3) is 0 Å². The third-order valence-corrected chi connectivity index (χ3v) is 5.55. The number of carbonyl (C=O) groups is 2. The van der Waals surface area contributed by atoms with Crippen molar-refractivity contribution in [2.45, 2.75) is 31.2 Å². The Morgan fingerprint density at radius 2 is 1.77 bits per heavy atom. The monoisotopic (exact) mass is 368 g/mol. The molecule has 0 saturated carbocycles. The Labute approximate surface area is 159 Å². The van der Waals surface area contributed by atoms with Crippen molar-refractivity contribution in [2.75, 3.05) is 17.7 Å². The van der Waals surface area contributed by atoms with E-state index in [1.807, 2.05) is 54.8 Å². The quantitative estimate of drug-likeness (QED) is 0.626. The van der Waals surface area contributed by atoms with E-state index >= 15 is 0 Å². The van der Waals surface area contributed by atoms with Crippen LogP contribution in [0.5, 0.6) is 0 Å². The predicted molar refractivity (Wildman–Crippen MR) is 106 cm³/mol. The molecule has 1 atom stereocenters. The van der Waals surface area contributed by atoms with Gasteiger partial charge in [-0.1, -0.05) is 31.2 Å². The molecule has 5 heteroatoms. The normalized spacial score (nSPS) is 16.8. The van der Waals surface area contributed by atoms with Crippen molar-refractivity contribution < 1.29 is 9.59 Å². The maximum atomic E-state index is 12.7. The number of nitrogens with zero attached hydrogens (tertiary/aromatic N) is 1. The van der Waals surface area contributed by atoms with Gasteiger partial charge < -0.3 is 10.2 Å². The van der Waals surface area contributed by atoms with E-state index < -0.39 is 5.92 Å². The lowest BCUT2D eigenvalue weighted by atomic mass is 10.1. The molecule has 1 N–H and O–H groups in total. The number of nitrogens with one attached hydrogen (secondary N) is 1. The molecule has 136 valence electrons. The Morgan fingerprint density at radius 3 is 2.38 bits per heavy atom. The van der Waals surface area contributed by atoms with Crippen LogP contribution in [0.15, 0.2) is 53.4 Å². The first-order chi connectivity index (χ1) is 12.6. The van der Waals surface area contributed by atoms with Crippen LogP contribution in [0.4, 0.5) is 5.69 Å². The minimum Gasteiger partial charge on any atom is -0.351 e. The van der Waals surface area contributed by atoms with E-state index in [0.29, 0.717) is 19.5 Å². The fourth-order valence-electron chi connectivity index (χ4n) is 3.15. The fourth-order valence-corrected chi connectivity index (χ4v) is 3.56. The summed E-state index contributed by atoms with van der Waals surface area (Å²) >= 11 is 1.69. The molecule has 0 bridgehead atoms. The number of carbonyl (C=O) groups excluding carboxylic acids is 2. The van der Waals surface area contributed by atoms with Gasteiger partial charge in [-0.25, -0.2) is 0 Å². The molecule has 2 amide bonds. The van der Waals surface area contributed by atoms with Crippen LogP contribution < -0.4 is 10.2 Å². The number of hydrogen-bond donors (Lipinski definition) is 1. The Bertz CT molecular complexity index is 772. The number of benzene rings is 2. The SMILES string of the molecule is CCc1ccc(N2CC[C@@H](C(=O)NCc3ccc(SC)cc3)C2=O)cc1. The number of aryl methyl sites for hydroxylation is 1. The molecule has 1 aliphatic heterocycles. The highest BCUT2D eigenvalue weighted by Crippen LogP contribution is 2.26. The molecule has 2 aromatic carbocycles. The van der Waals surface area contributed by atoms with Crippen molar-refractivity contribution in [3.05, 3.63) is 59.7 Å². The van der Waals surface area contributed by atoms with Crippen molar-refractivity contribution in [3.63, 3.8) is 0 Å². The van der Waals surface area contributed by atoms with Crippen molar-refractivity contribution >= 4 is 29.3 Å². The number of rotatable bonds is 6. The Balaban J connectivity index is 1.58. The molecule has 0 aromatic heterocycles. The van der Waals surface area contributed by atoms with Crippen LogP contribution in [0.2, 0.25) is 0 Å². The second kappa shape index (κ2) is 8.41. The summed E-state index contributed by atoms with van der Waals surface area (Å²) in [7, 11) is 0. The van der Waals surface area contributed by atoms with E-state index in [-0.39, 0.29) is 11.8 Å². The van der Waals surface area contributed by atoms with E-state index in [1.54, 1.807) is 16.7 Å². The maximum absolute atomic E-state index is 12.7. The van der Waals surface area contributed by atoms with Crippen LogP contribution in [-0.2, 0) is 22.6 Å². The number of hydrogen-bond acceptors (Lipinski definition) is 3. The van der Waals surface area contributed by atoms with Gasteiger partial charge >= 0.3 is 0 Å². The van der Waals surface area contributed by atoms with E-state index in [2.05, 4.69) is 12.2 Å². The lowest BCUT2D eigenvalue weighted by Crippen LogP contribution is -2.36. The third kappa shape index (κ3) is 4.10. The molecule has 0 aliphatic carbocycles. The molecule has 4 nitrogen and oxygen atoms in total. The molecule has 1 aliphatic rings. The second-order valence-electron chi connectivity index (χ2n) is 6.42. The van der Waals surface area contributed by atoms with E-state index in [1.165, 1.54) is 10.5 Å². The summed E-state index contributed by atoms with van der Waals surface area (Å²) in [6, 6.07) is 16.1. The molecule has 26 heavy (non-hydrogen) atoms. The van der Waals surface area contributed by atoms with Crippen LogP contribution in [0.1, 0.15) is 24.5 Å². The van der Waals surface area contributed by atoms with Crippen molar-refractivity contribution in [1.82, 2.24) is 5.32 Å². The fraction of sp³-hybridized carbons (Fsp3) is 0.333.